The number of aromatic nitrogens is 3. The van der Waals surface area contributed by atoms with Crippen LogP contribution >= 0.6 is 0 Å². The maximum Gasteiger partial charge on any atom is 0.144 e. The molecule has 2 heterocycles. The highest BCUT2D eigenvalue weighted by Crippen LogP contribution is 2.11. The van der Waals surface area contributed by atoms with Crippen molar-refractivity contribution in [3.05, 3.63) is 48.2 Å². The Bertz CT molecular complexity index is 486. The average Bonchev–Trinajstić information content (AvgIpc) is 2.40. The van der Waals surface area contributed by atoms with Gasteiger partial charge in [-0.15, -0.1) is 0 Å². The molecule has 0 atom stereocenters. The zero-order valence-corrected chi connectivity index (χ0v) is 10.7. The van der Waals surface area contributed by atoms with Gasteiger partial charge in [-0.3, -0.25) is 4.98 Å². The van der Waals surface area contributed by atoms with E-state index >= 15 is 0 Å². The van der Waals surface area contributed by atoms with Gasteiger partial charge in [0.25, 0.3) is 0 Å². The van der Waals surface area contributed by atoms with Crippen molar-refractivity contribution < 1.29 is 0 Å². The Morgan fingerprint density at radius 1 is 1.17 bits per heavy atom. The molecule has 0 aromatic carbocycles. The van der Waals surface area contributed by atoms with Gasteiger partial charge in [0.15, 0.2) is 0 Å². The molecule has 1 N–H and O–H groups in total. The van der Waals surface area contributed by atoms with Crippen LogP contribution in [0.1, 0.15) is 11.4 Å². The Labute approximate surface area is 107 Å². The van der Waals surface area contributed by atoms with Crippen molar-refractivity contribution in [2.24, 2.45) is 0 Å². The summed E-state index contributed by atoms with van der Waals surface area (Å²) in [6, 6.07) is 5.93. The quantitative estimate of drug-likeness (QED) is 0.856. The summed E-state index contributed by atoms with van der Waals surface area (Å²) in [6.45, 7) is 1.48. The number of hydrogen-bond donors (Lipinski definition) is 1. The Morgan fingerprint density at radius 2 is 1.94 bits per heavy atom. The molecule has 0 radical (unpaired) electrons. The Balaban J connectivity index is 2.08. The van der Waals surface area contributed by atoms with Crippen molar-refractivity contribution in [2.45, 2.75) is 13.1 Å². The SMILES string of the molecule is CNCc1nccc(N(C)Cc2ccncc2)n1. The topological polar surface area (TPSA) is 53.9 Å². The lowest BCUT2D eigenvalue weighted by atomic mass is 10.2. The maximum absolute atomic E-state index is 4.50. The van der Waals surface area contributed by atoms with Crippen LogP contribution in [0.25, 0.3) is 0 Å². The largest absolute Gasteiger partial charge is 0.355 e. The Kier molecular flexibility index (Phi) is 4.20. The second kappa shape index (κ2) is 6.07. The van der Waals surface area contributed by atoms with Gasteiger partial charge in [-0.1, -0.05) is 0 Å². The molecule has 0 bridgehead atoms. The summed E-state index contributed by atoms with van der Waals surface area (Å²) in [5.41, 5.74) is 1.21. The third-order valence-corrected chi connectivity index (χ3v) is 2.59. The van der Waals surface area contributed by atoms with E-state index < -0.39 is 0 Å². The monoisotopic (exact) mass is 243 g/mol. The summed E-state index contributed by atoms with van der Waals surface area (Å²) < 4.78 is 0. The zero-order valence-electron chi connectivity index (χ0n) is 10.7. The van der Waals surface area contributed by atoms with E-state index in [2.05, 4.69) is 25.2 Å². The van der Waals surface area contributed by atoms with Crippen LogP contribution < -0.4 is 10.2 Å². The molecule has 2 aromatic rings. The molecule has 0 spiro atoms. The number of pyridine rings is 1. The Hall–Kier alpha value is -2.01. The summed E-state index contributed by atoms with van der Waals surface area (Å²) >= 11 is 0. The zero-order chi connectivity index (χ0) is 12.8. The van der Waals surface area contributed by atoms with Crippen LogP contribution in [0.2, 0.25) is 0 Å². The number of hydrogen-bond acceptors (Lipinski definition) is 5. The smallest absolute Gasteiger partial charge is 0.144 e. The van der Waals surface area contributed by atoms with Gasteiger partial charge >= 0.3 is 0 Å². The van der Waals surface area contributed by atoms with E-state index in [9.17, 15) is 0 Å². The lowest BCUT2D eigenvalue weighted by Crippen LogP contribution is -2.19. The van der Waals surface area contributed by atoms with E-state index in [1.165, 1.54) is 5.56 Å². The third kappa shape index (κ3) is 3.24. The van der Waals surface area contributed by atoms with Crippen molar-refractivity contribution in [3.63, 3.8) is 0 Å². The van der Waals surface area contributed by atoms with Crippen LogP contribution in [0, 0.1) is 0 Å². The maximum atomic E-state index is 4.50. The van der Waals surface area contributed by atoms with Crippen LogP contribution in [0.15, 0.2) is 36.8 Å². The third-order valence-electron chi connectivity index (χ3n) is 2.59. The Morgan fingerprint density at radius 3 is 2.67 bits per heavy atom. The van der Waals surface area contributed by atoms with Gasteiger partial charge in [-0.25, -0.2) is 9.97 Å². The summed E-state index contributed by atoms with van der Waals surface area (Å²) in [4.78, 5) is 14.8. The molecule has 2 aromatic heterocycles. The van der Waals surface area contributed by atoms with E-state index in [0.29, 0.717) is 6.54 Å². The molecule has 0 fully saturated rings. The minimum Gasteiger partial charge on any atom is -0.355 e. The molecule has 0 aliphatic rings. The van der Waals surface area contributed by atoms with Gasteiger partial charge in [-0.2, -0.15) is 0 Å². The molecular weight excluding hydrogens is 226 g/mol. The predicted molar refractivity (Wildman–Crippen MR) is 71.1 cm³/mol. The standard InChI is InChI=1S/C13H17N5/c1-14-9-12-16-8-5-13(17-12)18(2)10-11-3-6-15-7-4-11/h3-8,14H,9-10H2,1-2H3. The van der Waals surface area contributed by atoms with Gasteiger partial charge in [0.05, 0.1) is 6.54 Å². The van der Waals surface area contributed by atoms with E-state index in [-0.39, 0.29) is 0 Å². The molecule has 5 heteroatoms. The van der Waals surface area contributed by atoms with Crippen molar-refractivity contribution in [3.8, 4) is 0 Å². The second-order valence-corrected chi connectivity index (χ2v) is 4.07. The lowest BCUT2D eigenvalue weighted by Gasteiger charge is -2.18. The molecule has 0 aliphatic heterocycles. The second-order valence-electron chi connectivity index (χ2n) is 4.07. The van der Waals surface area contributed by atoms with Gasteiger partial charge < -0.3 is 10.2 Å². The van der Waals surface area contributed by atoms with Crippen LogP contribution in [-0.4, -0.2) is 29.0 Å². The minimum atomic E-state index is 0.678. The van der Waals surface area contributed by atoms with Crippen LogP contribution in [-0.2, 0) is 13.1 Å². The first kappa shape index (κ1) is 12.4. The highest BCUT2D eigenvalue weighted by atomic mass is 15.2. The van der Waals surface area contributed by atoms with Gasteiger partial charge in [0.2, 0.25) is 0 Å². The van der Waals surface area contributed by atoms with Crippen molar-refractivity contribution >= 4 is 5.82 Å². The summed E-state index contributed by atoms with van der Waals surface area (Å²) in [5.74, 6) is 1.73. The summed E-state index contributed by atoms with van der Waals surface area (Å²) in [6.07, 6.45) is 5.39. The van der Waals surface area contributed by atoms with E-state index in [0.717, 1.165) is 18.2 Å². The van der Waals surface area contributed by atoms with Crippen LogP contribution in [0.3, 0.4) is 0 Å². The number of nitrogens with one attached hydrogen (secondary N) is 1. The number of rotatable bonds is 5. The first-order valence-corrected chi connectivity index (χ1v) is 5.86. The van der Waals surface area contributed by atoms with Crippen molar-refractivity contribution in [2.75, 3.05) is 19.0 Å². The molecule has 0 aliphatic carbocycles. The molecule has 0 saturated carbocycles. The number of anilines is 1. The molecule has 2 rings (SSSR count). The van der Waals surface area contributed by atoms with Crippen molar-refractivity contribution in [1.29, 1.82) is 0 Å². The summed E-state index contributed by atoms with van der Waals surface area (Å²) in [7, 11) is 3.91. The average molecular weight is 243 g/mol. The van der Waals surface area contributed by atoms with E-state index in [4.69, 9.17) is 0 Å². The fraction of sp³-hybridized carbons (Fsp3) is 0.308. The molecular formula is C13H17N5. The van der Waals surface area contributed by atoms with Crippen molar-refractivity contribution in [1.82, 2.24) is 20.3 Å². The molecule has 0 saturated heterocycles. The molecule has 5 nitrogen and oxygen atoms in total. The van der Waals surface area contributed by atoms with E-state index in [1.54, 1.807) is 18.6 Å². The highest BCUT2D eigenvalue weighted by molar-refractivity contribution is 5.37. The van der Waals surface area contributed by atoms with E-state index in [1.807, 2.05) is 32.3 Å². The number of nitrogens with zero attached hydrogens (tertiary/aromatic N) is 4. The van der Waals surface area contributed by atoms with Gasteiger partial charge in [0.1, 0.15) is 11.6 Å². The fourth-order valence-electron chi connectivity index (χ4n) is 1.69. The van der Waals surface area contributed by atoms with Crippen LogP contribution in [0.5, 0.6) is 0 Å². The normalized spacial score (nSPS) is 10.3. The first-order chi connectivity index (χ1) is 8.79. The minimum absolute atomic E-state index is 0.678. The first-order valence-electron chi connectivity index (χ1n) is 5.86. The van der Waals surface area contributed by atoms with Crippen LogP contribution in [0.4, 0.5) is 5.82 Å². The van der Waals surface area contributed by atoms with Gasteiger partial charge in [-0.05, 0) is 30.8 Å². The van der Waals surface area contributed by atoms with Gasteiger partial charge in [0, 0.05) is 32.2 Å². The molecule has 18 heavy (non-hydrogen) atoms. The molecule has 0 unspecified atom stereocenters. The highest BCUT2D eigenvalue weighted by Gasteiger charge is 2.05. The summed E-state index contributed by atoms with van der Waals surface area (Å²) in [5, 5.41) is 3.05. The molecule has 94 valence electrons. The fourth-order valence-corrected chi connectivity index (χ4v) is 1.69. The predicted octanol–water partition coefficient (Wildman–Crippen LogP) is 1.23. The lowest BCUT2D eigenvalue weighted by molar-refractivity contribution is 0.750. The molecule has 0 amide bonds.